The van der Waals surface area contributed by atoms with E-state index in [4.69, 9.17) is 14.5 Å². The van der Waals surface area contributed by atoms with Crippen molar-refractivity contribution in [2.45, 2.75) is 18.4 Å². The van der Waals surface area contributed by atoms with Gasteiger partial charge in [-0.25, -0.2) is 15.0 Å². The lowest BCUT2D eigenvalue weighted by atomic mass is 9.96. The van der Waals surface area contributed by atoms with Crippen LogP contribution in [0.25, 0.3) is 11.3 Å². The molecule has 4 heterocycles. The van der Waals surface area contributed by atoms with Crippen LogP contribution < -0.4 is 14.8 Å². The number of nitrogens with zero attached hydrogens (tertiary/aromatic N) is 4. The smallest absolute Gasteiger partial charge is 0.239 e. The first-order chi connectivity index (χ1) is 18.1. The molecule has 10 nitrogen and oxygen atoms in total. The average Bonchev–Trinajstić information content (AvgIpc) is 3.39. The number of carbonyl (C=O) groups excluding carboxylic acids is 1. The molecule has 4 aromatic rings. The van der Waals surface area contributed by atoms with Crippen LogP contribution in [0.4, 0.5) is 5.82 Å². The molecule has 10 heteroatoms. The van der Waals surface area contributed by atoms with Crippen LogP contribution in [-0.4, -0.2) is 68.2 Å². The van der Waals surface area contributed by atoms with Crippen molar-refractivity contribution in [3.63, 3.8) is 0 Å². The highest BCUT2D eigenvalue weighted by molar-refractivity contribution is 5.91. The molecule has 2 aliphatic heterocycles. The Morgan fingerprint density at radius 1 is 1.16 bits per heavy atom. The molecule has 1 fully saturated rings. The van der Waals surface area contributed by atoms with Crippen molar-refractivity contribution in [2.24, 2.45) is 0 Å². The van der Waals surface area contributed by atoms with Gasteiger partial charge < -0.3 is 24.9 Å². The molecule has 0 radical (unpaired) electrons. The summed E-state index contributed by atoms with van der Waals surface area (Å²) < 4.78 is 12.0. The number of likely N-dealkylation sites (tertiary alicyclic amines) is 1. The maximum Gasteiger partial charge on any atom is 0.239 e. The Hall–Kier alpha value is -4.28. The Balaban J connectivity index is 1.11. The molecular formula is C27H26N6O4. The number of benzene rings is 2. The minimum absolute atomic E-state index is 0.0913. The number of aromatic nitrogens is 4. The lowest BCUT2D eigenvalue weighted by Crippen LogP contribution is -2.53. The fourth-order valence-electron chi connectivity index (χ4n) is 4.55. The van der Waals surface area contributed by atoms with E-state index in [0.29, 0.717) is 37.1 Å². The Labute approximate surface area is 213 Å². The van der Waals surface area contributed by atoms with Crippen molar-refractivity contribution in [2.75, 3.05) is 31.6 Å². The lowest BCUT2D eigenvalue weighted by Gasteiger charge is -2.34. The molecule has 0 spiro atoms. The molecule has 0 saturated carbocycles. The van der Waals surface area contributed by atoms with Crippen LogP contribution in [-0.2, 0) is 11.2 Å². The molecule has 3 N–H and O–H groups in total. The van der Waals surface area contributed by atoms with Gasteiger partial charge in [-0.15, -0.1) is 0 Å². The zero-order valence-electron chi connectivity index (χ0n) is 20.0. The van der Waals surface area contributed by atoms with Crippen molar-refractivity contribution < 1.29 is 19.4 Å². The number of H-pyrrole nitrogens is 1. The van der Waals surface area contributed by atoms with Crippen LogP contribution in [0.5, 0.6) is 17.4 Å². The number of amides is 1. The average molecular weight is 499 g/mol. The summed E-state index contributed by atoms with van der Waals surface area (Å²) in [5, 5.41) is 12.1. The highest BCUT2D eigenvalue weighted by Crippen LogP contribution is 2.35. The van der Waals surface area contributed by atoms with Gasteiger partial charge in [0.15, 0.2) is 0 Å². The number of hydrogen-bond donors (Lipinski definition) is 3. The fraction of sp³-hybridized carbons (Fsp3) is 0.259. The second kappa shape index (κ2) is 10.00. The molecule has 1 saturated heterocycles. The maximum atomic E-state index is 12.2. The molecule has 1 amide bonds. The SMILES string of the molecule is O=C(CN1CC(O)C1)Nc1cc(Oc2ccc3c(c2)CC(c2nc(-c4ccccc4)c[nH]2)CO3)ncn1. The monoisotopic (exact) mass is 498 g/mol. The molecule has 0 aliphatic carbocycles. The minimum Gasteiger partial charge on any atom is -0.493 e. The highest BCUT2D eigenvalue weighted by atomic mass is 16.5. The predicted molar refractivity (Wildman–Crippen MR) is 136 cm³/mol. The second-order valence-electron chi connectivity index (χ2n) is 9.26. The van der Waals surface area contributed by atoms with E-state index in [1.54, 1.807) is 6.07 Å². The van der Waals surface area contributed by atoms with E-state index in [9.17, 15) is 9.90 Å². The first-order valence-corrected chi connectivity index (χ1v) is 12.2. The van der Waals surface area contributed by atoms with E-state index < -0.39 is 0 Å². The van der Waals surface area contributed by atoms with Gasteiger partial charge in [0.05, 0.1) is 30.9 Å². The third kappa shape index (κ3) is 5.30. The van der Waals surface area contributed by atoms with Gasteiger partial charge in [0.1, 0.15) is 29.5 Å². The Morgan fingerprint density at radius 3 is 2.86 bits per heavy atom. The minimum atomic E-state index is -0.352. The lowest BCUT2D eigenvalue weighted by molar-refractivity contribution is -0.119. The summed E-state index contributed by atoms with van der Waals surface area (Å²) in [5.74, 6) is 2.87. The third-order valence-electron chi connectivity index (χ3n) is 6.43. The van der Waals surface area contributed by atoms with Gasteiger partial charge in [0.2, 0.25) is 11.8 Å². The van der Waals surface area contributed by atoms with Gasteiger partial charge in [-0.3, -0.25) is 9.69 Å². The maximum absolute atomic E-state index is 12.2. The number of imidazole rings is 1. The summed E-state index contributed by atoms with van der Waals surface area (Å²) >= 11 is 0. The van der Waals surface area contributed by atoms with Crippen molar-refractivity contribution in [1.82, 2.24) is 24.8 Å². The van der Waals surface area contributed by atoms with Crippen molar-refractivity contribution in [3.8, 4) is 28.6 Å². The number of β-amino-alcohol motifs (C(OH)–C–C–N with tert-alkyl or cyclic N) is 1. The van der Waals surface area contributed by atoms with E-state index >= 15 is 0 Å². The molecule has 2 aromatic carbocycles. The van der Waals surface area contributed by atoms with Crippen LogP contribution in [0, 0.1) is 0 Å². The van der Waals surface area contributed by atoms with E-state index in [2.05, 4.69) is 20.3 Å². The van der Waals surface area contributed by atoms with Crippen LogP contribution >= 0.6 is 0 Å². The molecule has 1 atom stereocenters. The van der Waals surface area contributed by atoms with E-state index in [-0.39, 0.29) is 24.5 Å². The van der Waals surface area contributed by atoms with E-state index in [1.165, 1.54) is 6.33 Å². The predicted octanol–water partition coefficient (Wildman–Crippen LogP) is 2.99. The molecule has 2 aliphatic rings. The zero-order chi connectivity index (χ0) is 25.2. The number of aliphatic hydroxyl groups is 1. The molecule has 0 bridgehead atoms. The summed E-state index contributed by atoms with van der Waals surface area (Å²) in [4.78, 5) is 30.5. The Morgan fingerprint density at radius 2 is 2.03 bits per heavy atom. The van der Waals surface area contributed by atoms with Crippen molar-refractivity contribution in [3.05, 3.63) is 78.5 Å². The summed E-state index contributed by atoms with van der Waals surface area (Å²) in [7, 11) is 0. The van der Waals surface area contributed by atoms with Crippen molar-refractivity contribution >= 4 is 11.7 Å². The topological polar surface area (TPSA) is 125 Å². The highest BCUT2D eigenvalue weighted by Gasteiger charge is 2.26. The number of carbonyl (C=O) groups is 1. The molecule has 6 rings (SSSR count). The number of anilines is 1. The first-order valence-electron chi connectivity index (χ1n) is 12.2. The number of ether oxygens (including phenoxy) is 2. The molecular weight excluding hydrogens is 472 g/mol. The van der Waals surface area contributed by atoms with Crippen LogP contribution in [0.15, 0.2) is 67.1 Å². The van der Waals surface area contributed by atoms with Crippen LogP contribution in [0.1, 0.15) is 17.3 Å². The van der Waals surface area contributed by atoms with Crippen LogP contribution in [0.2, 0.25) is 0 Å². The zero-order valence-corrected chi connectivity index (χ0v) is 20.0. The summed E-state index contributed by atoms with van der Waals surface area (Å²) in [6.45, 7) is 1.75. The van der Waals surface area contributed by atoms with Crippen molar-refractivity contribution in [1.29, 1.82) is 0 Å². The van der Waals surface area contributed by atoms with Gasteiger partial charge in [-0.05, 0) is 30.2 Å². The fourth-order valence-corrected chi connectivity index (χ4v) is 4.55. The number of fused-ring (bicyclic) bond motifs is 1. The van der Waals surface area contributed by atoms with Gasteiger partial charge in [0, 0.05) is 30.9 Å². The molecule has 37 heavy (non-hydrogen) atoms. The second-order valence-corrected chi connectivity index (χ2v) is 9.26. The first kappa shape index (κ1) is 23.1. The number of nitrogens with one attached hydrogen (secondary N) is 2. The van der Waals surface area contributed by atoms with Gasteiger partial charge >= 0.3 is 0 Å². The van der Waals surface area contributed by atoms with E-state index in [1.807, 2.05) is 59.6 Å². The third-order valence-corrected chi connectivity index (χ3v) is 6.43. The van der Waals surface area contributed by atoms with Crippen LogP contribution in [0.3, 0.4) is 0 Å². The number of aromatic amines is 1. The normalized spacial score (nSPS) is 17.4. The largest absolute Gasteiger partial charge is 0.493 e. The number of aliphatic hydroxyl groups excluding tert-OH is 1. The summed E-state index contributed by atoms with van der Waals surface area (Å²) in [5.41, 5.74) is 3.00. The number of hydrogen-bond acceptors (Lipinski definition) is 8. The van der Waals surface area contributed by atoms with E-state index in [0.717, 1.165) is 34.8 Å². The Kier molecular flexibility index (Phi) is 6.25. The van der Waals surface area contributed by atoms with Gasteiger partial charge in [-0.1, -0.05) is 30.3 Å². The Bertz CT molecular complexity index is 1400. The molecule has 188 valence electrons. The summed E-state index contributed by atoms with van der Waals surface area (Å²) in [6, 6.07) is 17.3. The molecule has 2 aromatic heterocycles. The quantitative estimate of drug-likeness (QED) is 0.355. The van der Waals surface area contributed by atoms with Gasteiger partial charge in [0.25, 0.3) is 0 Å². The molecule has 1 unspecified atom stereocenters. The summed E-state index contributed by atoms with van der Waals surface area (Å²) in [6.07, 6.45) is 3.68. The van der Waals surface area contributed by atoms with Gasteiger partial charge in [-0.2, -0.15) is 0 Å². The number of rotatable bonds is 7. The standard InChI is InChI=1S/C27H26N6O4/c34-20-12-33(13-20)14-25(35)32-24-10-26(30-16-29-24)37-21-6-7-23-18(9-21)8-19(15-36-23)27-28-11-22(31-27)17-4-2-1-3-5-17/h1-7,9-11,16,19-20,34H,8,12-15H2,(H,28,31)(H,29,30,32,35).